The predicted molar refractivity (Wildman–Crippen MR) is 78.1 cm³/mol. The highest BCUT2D eigenvalue weighted by Gasteiger charge is 2.27. The number of halogens is 1. The van der Waals surface area contributed by atoms with Crippen LogP contribution in [-0.4, -0.2) is 23.2 Å². The van der Waals surface area contributed by atoms with Crippen LogP contribution in [0.3, 0.4) is 0 Å². The molecular weight excluding hydrogens is 320 g/mol. The molecule has 0 saturated heterocycles. The van der Waals surface area contributed by atoms with Crippen LogP contribution in [-0.2, 0) is 0 Å². The second-order valence-corrected chi connectivity index (χ2v) is 5.88. The number of hydrogen-bond donors (Lipinski definition) is 0. The molecule has 1 fully saturated rings. The van der Waals surface area contributed by atoms with Crippen LogP contribution in [0, 0.1) is 0 Å². The van der Waals surface area contributed by atoms with Crippen molar-refractivity contribution in [2.75, 3.05) is 13.2 Å². The van der Waals surface area contributed by atoms with Crippen molar-refractivity contribution < 1.29 is 9.47 Å². The first kappa shape index (κ1) is 12.1. The van der Waals surface area contributed by atoms with E-state index in [1.165, 1.54) is 12.8 Å². The third kappa shape index (κ3) is 2.26. The van der Waals surface area contributed by atoms with Crippen molar-refractivity contribution in [3.05, 3.63) is 34.7 Å². The van der Waals surface area contributed by atoms with Gasteiger partial charge in [0.05, 0.1) is 5.69 Å². The molecular formula is C15H13BrN2O2. The quantitative estimate of drug-likeness (QED) is 0.789. The van der Waals surface area contributed by atoms with E-state index in [2.05, 4.69) is 25.9 Å². The van der Waals surface area contributed by atoms with Crippen molar-refractivity contribution in [3.8, 4) is 22.8 Å². The van der Waals surface area contributed by atoms with Gasteiger partial charge in [0.1, 0.15) is 23.6 Å². The fourth-order valence-electron chi connectivity index (χ4n) is 2.31. The van der Waals surface area contributed by atoms with E-state index in [-0.39, 0.29) is 0 Å². The molecule has 4 rings (SSSR count). The monoisotopic (exact) mass is 332 g/mol. The Kier molecular flexibility index (Phi) is 2.88. The summed E-state index contributed by atoms with van der Waals surface area (Å²) in [7, 11) is 0. The van der Waals surface area contributed by atoms with Gasteiger partial charge in [-0.25, -0.2) is 9.97 Å². The summed E-state index contributed by atoms with van der Waals surface area (Å²) in [5.74, 6) is 3.06. The maximum Gasteiger partial charge on any atom is 0.162 e. The molecule has 0 unspecified atom stereocenters. The van der Waals surface area contributed by atoms with Crippen LogP contribution in [0.5, 0.6) is 11.5 Å². The molecule has 2 heterocycles. The predicted octanol–water partition coefficient (Wildman–Crippen LogP) is 3.55. The highest BCUT2D eigenvalue weighted by molar-refractivity contribution is 9.10. The average Bonchev–Trinajstić information content (AvgIpc) is 3.31. The van der Waals surface area contributed by atoms with Crippen molar-refractivity contribution in [2.24, 2.45) is 0 Å². The first-order valence-corrected chi connectivity index (χ1v) is 7.53. The molecule has 1 aliphatic heterocycles. The Morgan fingerprint density at radius 1 is 1.00 bits per heavy atom. The number of hydrogen-bond acceptors (Lipinski definition) is 4. The van der Waals surface area contributed by atoms with E-state index < -0.39 is 0 Å². The zero-order valence-electron chi connectivity index (χ0n) is 10.8. The van der Waals surface area contributed by atoms with Gasteiger partial charge < -0.3 is 9.47 Å². The maximum absolute atomic E-state index is 5.63. The molecule has 20 heavy (non-hydrogen) atoms. The minimum Gasteiger partial charge on any atom is -0.486 e. The third-order valence-corrected chi connectivity index (χ3v) is 3.90. The average molecular weight is 333 g/mol. The van der Waals surface area contributed by atoms with Gasteiger partial charge in [-0.15, -0.1) is 0 Å². The number of benzene rings is 1. The Balaban J connectivity index is 1.76. The fraction of sp³-hybridized carbons (Fsp3) is 0.333. The molecule has 0 amide bonds. The van der Waals surface area contributed by atoms with Crippen molar-refractivity contribution in [1.29, 1.82) is 0 Å². The standard InChI is InChI=1S/C15H13BrN2O2/c16-14-8-11(17-15(18-14)9-1-2-9)10-3-4-12-13(7-10)20-6-5-19-12/h3-4,7-9H,1-2,5-6H2. The highest BCUT2D eigenvalue weighted by atomic mass is 79.9. The normalized spacial score (nSPS) is 17.1. The topological polar surface area (TPSA) is 44.2 Å². The fourth-order valence-corrected chi connectivity index (χ4v) is 2.71. The zero-order valence-corrected chi connectivity index (χ0v) is 12.4. The van der Waals surface area contributed by atoms with E-state index in [1.54, 1.807) is 0 Å². The van der Waals surface area contributed by atoms with Crippen molar-refractivity contribution in [2.45, 2.75) is 18.8 Å². The third-order valence-electron chi connectivity index (χ3n) is 3.49. The summed E-state index contributed by atoms with van der Waals surface area (Å²) in [6.07, 6.45) is 2.38. The Hall–Kier alpha value is -1.62. The Labute approximate surface area is 125 Å². The molecule has 5 heteroatoms. The van der Waals surface area contributed by atoms with Gasteiger partial charge in [-0.1, -0.05) is 0 Å². The van der Waals surface area contributed by atoms with Gasteiger partial charge in [-0.05, 0) is 53.0 Å². The van der Waals surface area contributed by atoms with Crippen LogP contribution < -0.4 is 9.47 Å². The Morgan fingerprint density at radius 2 is 1.80 bits per heavy atom. The first-order valence-electron chi connectivity index (χ1n) is 6.74. The molecule has 102 valence electrons. The smallest absolute Gasteiger partial charge is 0.162 e. The molecule has 1 saturated carbocycles. The summed E-state index contributed by atoms with van der Waals surface area (Å²) >= 11 is 3.47. The van der Waals surface area contributed by atoms with Crippen LogP contribution in [0.1, 0.15) is 24.6 Å². The molecule has 0 radical (unpaired) electrons. The van der Waals surface area contributed by atoms with Gasteiger partial charge in [-0.3, -0.25) is 0 Å². The van der Waals surface area contributed by atoms with E-state index in [4.69, 9.17) is 9.47 Å². The lowest BCUT2D eigenvalue weighted by Crippen LogP contribution is -2.15. The van der Waals surface area contributed by atoms with Crippen molar-refractivity contribution in [1.82, 2.24) is 9.97 Å². The zero-order chi connectivity index (χ0) is 13.5. The number of nitrogens with zero attached hydrogens (tertiary/aromatic N) is 2. The minimum absolute atomic E-state index is 0.531. The van der Waals surface area contributed by atoms with Crippen molar-refractivity contribution in [3.63, 3.8) is 0 Å². The molecule has 1 aliphatic carbocycles. The SMILES string of the molecule is Brc1cc(-c2ccc3c(c2)OCCO3)nc(C2CC2)n1. The van der Waals surface area contributed by atoms with E-state index in [0.717, 1.165) is 33.2 Å². The molecule has 0 atom stereocenters. The lowest BCUT2D eigenvalue weighted by atomic mass is 10.1. The van der Waals surface area contributed by atoms with Crippen LogP contribution in [0.25, 0.3) is 11.3 Å². The molecule has 0 N–H and O–H groups in total. The van der Waals surface area contributed by atoms with Gasteiger partial charge in [0.25, 0.3) is 0 Å². The number of fused-ring (bicyclic) bond motifs is 1. The molecule has 1 aromatic heterocycles. The van der Waals surface area contributed by atoms with Crippen molar-refractivity contribution >= 4 is 15.9 Å². The molecule has 0 bridgehead atoms. The second kappa shape index (κ2) is 4.74. The van der Waals surface area contributed by atoms with Gasteiger partial charge in [0, 0.05) is 11.5 Å². The van der Waals surface area contributed by atoms with Gasteiger partial charge in [-0.2, -0.15) is 0 Å². The van der Waals surface area contributed by atoms with Crippen LogP contribution in [0.15, 0.2) is 28.9 Å². The van der Waals surface area contributed by atoms with E-state index >= 15 is 0 Å². The summed E-state index contributed by atoms with van der Waals surface area (Å²) in [6, 6.07) is 7.88. The first-order chi connectivity index (χ1) is 9.79. The minimum atomic E-state index is 0.531. The summed E-state index contributed by atoms with van der Waals surface area (Å²) in [5, 5.41) is 0. The van der Waals surface area contributed by atoms with Crippen LogP contribution >= 0.6 is 15.9 Å². The molecule has 4 nitrogen and oxygen atoms in total. The number of rotatable bonds is 2. The Morgan fingerprint density at radius 3 is 2.60 bits per heavy atom. The van der Waals surface area contributed by atoms with Crippen LogP contribution in [0.2, 0.25) is 0 Å². The summed E-state index contributed by atoms with van der Waals surface area (Å²) in [6.45, 7) is 1.20. The maximum atomic E-state index is 5.63. The van der Waals surface area contributed by atoms with Gasteiger partial charge in [0.2, 0.25) is 0 Å². The van der Waals surface area contributed by atoms with Crippen LogP contribution in [0.4, 0.5) is 0 Å². The second-order valence-electron chi connectivity index (χ2n) is 5.07. The molecule has 0 spiro atoms. The van der Waals surface area contributed by atoms with E-state index in [9.17, 15) is 0 Å². The lowest BCUT2D eigenvalue weighted by molar-refractivity contribution is 0.171. The summed E-state index contributed by atoms with van der Waals surface area (Å²) in [4.78, 5) is 9.14. The highest BCUT2D eigenvalue weighted by Crippen LogP contribution is 2.40. The largest absolute Gasteiger partial charge is 0.486 e. The summed E-state index contributed by atoms with van der Waals surface area (Å²) < 4.78 is 12.0. The Bertz CT molecular complexity index is 671. The number of ether oxygens (including phenoxy) is 2. The molecule has 1 aromatic carbocycles. The van der Waals surface area contributed by atoms with E-state index in [1.807, 2.05) is 24.3 Å². The van der Waals surface area contributed by atoms with Gasteiger partial charge in [0.15, 0.2) is 11.5 Å². The molecule has 2 aromatic rings. The lowest BCUT2D eigenvalue weighted by Gasteiger charge is -2.18. The number of aromatic nitrogens is 2. The van der Waals surface area contributed by atoms with Gasteiger partial charge >= 0.3 is 0 Å². The molecule has 2 aliphatic rings. The summed E-state index contributed by atoms with van der Waals surface area (Å²) in [5.41, 5.74) is 1.95. The van der Waals surface area contributed by atoms with E-state index in [0.29, 0.717) is 19.1 Å².